The smallest absolute Gasteiger partial charge is 0.272 e. The first-order chi connectivity index (χ1) is 10.5. The first-order valence-corrected chi connectivity index (χ1v) is 8.52. The fourth-order valence-electron chi connectivity index (χ4n) is 3.78. The van der Waals surface area contributed by atoms with Gasteiger partial charge >= 0.3 is 0 Å². The van der Waals surface area contributed by atoms with Crippen LogP contribution in [0, 0.1) is 5.41 Å². The van der Waals surface area contributed by atoms with E-state index in [0.29, 0.717) is 17.7 Å². The van der Waals surface area contributed by atoms with E-state index < -0.39 is 0 Å². The number of amides is 1. The maximum atomic E-state index is 12.4. The quantitative estimate of drug-likeness (QED) is 0.922. The molecule has 1 saturated heterocycles. The lowest BCUT2D eigenvalue weighted by Crippen LogP contribution is -2.35. The number of carbonyl (C=O) groups is 1. The van der Waals surface area contributed by atoms with E-state index in [2.05, 4.69) is 29.2 Å². The van der Waals surface area contributed by atoms with Crippen LogP contribution < -0.4 is 5.32 Å². The van der Waals surface area contributed by atoms with Crippen LogP contribution >= 0.6 is 0 Å². The number of carbonyl (C=O) groups excluding carboxylic acids is 1. The Morgan fingerprint density at radius 3 is 2.82 bits per heavy atom. The Kier molecular flexibility index (Phi) is 4.26. The lowest BCUT2D eigenvalue weighted by atomic mass is 9.93. The van der Waals surface area contributed by atoms with Crippen LogP contribution in [-0.2, 0) is 19.9 Å². The topological polar surface area (TPSA) is 50.2 Å². The van der Waals surface area contributed by atoms with Gasteiger partial charge in [0.15, 0.2) is 5.69 Å². The molecule has 2 heterocycles. The van der Waals surface area contributed by atoms with Crippen LogP contribution in [0.25, 0.3) is 0 Å². The molecule has 1 N–H and O–H groups in total. The van der Waals surface area contributed by atoms with Gasteiger partial charge in [-0.25, -0.2) is 0 Å². The van der Waals surface area contributed by atoms with Crippen molar-refractivity contribution in [2.24, 2.45) is 12.5 Å². The zero-order valence-corrected chi connectivity index (χ0v) is 14.1. The number of aryl methyl sites for hydroxylation is 1. The highest BCUT2D eigenvalue weighted by atomic mass is 16.1. The minimum absolute atomic E-state index is 0.00259. The zero-order valence-electron chi connectivity index (χ0n) is 14.1. The average Bonchev–Trinajstić information content (AvgIpc) is 3.00. The van der Waals surface area contributed by atoms with E-state index in [4.69, 9.17) is 0 Å². The van der Waals surface area contributed by atoms with E-state index in [1.165, 1.54) is 30.5 Å². The number of nitrogens with one attached hydrogen (secondary N) is 1. The summed E-state index contributed by atoms with van der Waals surface area (Å²) in [5.74, 6) is -0.00259. The van der Waals surface area contributed by atoms with Gasteiger partial charge in [-0.05, 0) is 44.1 Å². The fraction of sp³-hybridized carbons (Fsp3) is 0.765. The molecular weight excluding hydrogens is 276 g/mol. The third-order valence-electron chi connectivity index (χ3n) is 5.05. The van der Waals surface area contributed by atoms with Crippen molar-refractivity contribution < 1.29 is 4.79 Å². The second-order valence-electron chi connectivity index (χ2n) is 7.55. The Bertz CT molecular complexity index is 561. The highest BCUT2D eigenvalue weighted by Gasteiger charge is 2.29. The van der Waals surface area contributed by atoms with E-state index in [1.807, 2.05) is 11.7 Å². The van der Waals surface area contributed by atoms with Crippen molar-refractivity contribution in [2.75, 3.05) is 26.2 Å². The predicted molar refractivity (Wildman–Crippen MR) is 87.0 cm³/mol. The van der Waals surface area contributed by atoms with E-state index in [-0.39, 0.29) is 5.91 Å². The highest BCUT2D eigenvalue weighted by molar-refractivity contribution is 5.94. The van der Waals surface area contributed by atoms with Crippen LogP contribution in [0.5, 0.6) is 0 Å². The van der Waals surface area contributed by atoms with Gasteiger partial charge in [-0.15, -0.1) is 0 Å². The molecule has 1 amide bonds. The summed E-state index contributed by atoms with van der Waals surface area (Å²) < 4.78 is 1.90. The molecule has 1 aromatic heterocycles. The minimum Gasteiger partial charge on any atom is -0.349 e. The predicted octanol–water partition coefficient (Wildman–Crippen LogP) is 1.76. The number of hydrogen-bond acceptors (Lipinski definition) is 3. The summed E-state index contributed by atoms with van der Waals surface area (Å²) in [5, 5.41) is 7.52. The molecule has 122 valence electrons. The van der Waals surface area contributed by atoms with Crippen LogP contribution in [0.3, 0.4) is 0 Å². The van der Waals surface area contributed by atoms with Gasteiger partial charge in [0.05, 0.1) is 0 Å². The van der Waals surface area contributed by atoms with Crippen molar-refractivity contribution in [2.45, 2.75) is 46.0 Å². The van der Waals surface area contributed by atoms with Crippen molar-refractivity contribution in [1.82, 2.24) is 20.0 Å². The molecule has 0 saturated carbocycles. The molecule has 3 rings (SSSR count). The van der Waals surface area contributed by atoms with Crippen molar-refractivity contribution in [1.29, 1.82) is 0 Å². The van der Waals surface area contributed by atoms with Gasteiger partial charge in [-0.1, -0.05) is 13.8 Å². The Hall–Kier alpha value is -1.36. The summed E-state index contributed by atoms with van der Waals surface area (Å²) in [5.41, 5.74) is 3.49. The van der Waals surface area contributed by atoms with E-state index in [9.17, 15) is 4.79 Å². The molecule has 0 aromatic carbocycles. The van der Waals surface area contributed by atoms with E-state index in [1.54, 1.807) is 0 Å². The SMILES string of the molecule is Cn1nc(C(=O)NCCN2CCC(C)(C)C2)c2c1CCCC2. The molecule has 0 spiro atoms. The van der Waals surface area contributed by atoms with Gasteiger partial charge in [0, 0.05) is 37.9 Å². The van der Waals surface area contributed by atoms with Gasteiger partial charge in [-0.3, -0.25) is 9.48 Å². The number of rotatable bonds is 4. The molecule has 1 aliphatic heterocycles. The Morgan fingerprint density at radius 1 is 1.32 bits per heavy atom. The number of likely N-dealkylation sites (tertiary alicyclic amines) is 1. The molecule has 22 heavy (non-hydrogen) atoms. The second kappa shape index (κ2) is 6.03. The largest absolute Gasteiger partial charge is 0.349 e. The summed E-state index contributed by atoms with van der Waals surface area (Å²) in [7, 11) is 1.95. The summed E-state index contributed by atoms with van der Waals surface area (Å²) >= 11 is 0. The van der Waals surface area contributed by atoms with Gasteiger partial charge in [-0.2, -0.15) is 5.10 Å². The standard InChI is InChI=1S/C17H28N4O/c1-17(2)8-10-21(12-17)11-9-18-16(22)15-13-6-4-5-7-14(13)20(3)19-15/h4-12H2,1-3H3,(H,18,22). The van der Waals surface area contributed by atoms with Crippen molar-refractivity contribution in [3.05, 3.63) is 17.0 Å². The van der Waals surface area contributed by atoms with Crippen LogP contribution in [-0.4, -0.2) is 46.8 Å². The number of nitrogens with zero attached hydrogens (tertiary/aromatic N) is 3. The summed E-state index contributed by atoms with van der Waals surface area (Å²) in [6.45, 7) is 8.53. The Labute approximate surface area is 133 Å². The fourth-order valence-corrected chi connectivity index (χ4v) is 3.78. The second-order valence-corrected chi connectivity index (χ2v) is 7.55. The third-order valence-corrected chi connectivity index (χ3v) is 5.05. The van der Waals surface area contributed by atoms with Crippen LogP contribution in [0.4, 0.5) is 0 Å². The molecule has 0 radical (unpaired) electrons. The van der Waals surface area contributed by atoms with Crippen LogP contribution in [0.1, 0.15) is 54.9 Å². The normalized spacial score (nSPS) is 20.9. The van der Waals surface area contributed by atoms with Crippen molar-refractivity contribution in [3.8, 4) is 0 Å². The van der Waals surface area contributed by atoms with Gasteiger partial charge < -0.3 is 10.2 Å². The zero-order chi connectivity index (χ0) is 15.7. The molecule has 1 aromatic rings. The van der Waals surface area contributed by atoms with Gasteiger partial charge in [0.2, 0.25) is 0 Å². The molecular formula is C17H28N4O. The summed E-state index contributed by atoms with van der Waals surface area (Å²) in [6, 6.07) is 0. The van der Waals surface area contributed by atoms with Gasteiger partial charge in [0.25, 0.3) is 5.91 Å². The summed E-state index contributed by atoms with van der Waals surface area (Å²) in [6.07, 6.45) is 5.66. The monoisotopic (exact) mass is 304 g/mol. The maximum Gasteiger partial charge on any atom is 0.272 e. The lowest BCUT2D eigenvalue weighted by molar-refractivity contribution is 0.0942. The molecule has 5 nitrogen and oxygen atoms in total. The molecule has 1 fully saturated rings. The third kappa shape index (κ3) is 3.19. The number of hydrogen-bond donors (Lipinski definition) is 1. The minimum atomic E-state index is -0.00259. The Morgan fingerprint density at radius 2 is 2.09 bits per heavy atom. The average molecular weight is 304 g/mol. The molecule has 1 aliphatic carbocycles. The first-order valence-electron chi connectivity index (χ1n) is 8.52. The van der Waals surface area contributed by atoms with Crippen LogP contribution in [0.15, 0.2) is 0 Å². The van der Waals surface area contributed by atoms with Gasteiger partial charge in [0.1, 0.15) is 0 Å². The number of aromatic nitrogens is 2. The summed E-state index contributed by atoms with van der Waals surface area (Å²) in [4.78, 5) is 14.9. The molecule has 5 heteroatoms. The molecule has 2 aliphatic rings. The molecule has 0 bridgehead atoms. The maximum absolute atomic E-state index is 12.4. The number of fused-ring (bicyclic) bond motifs is 1. The molecule has 0 unspecified atom stereocenters. The Balaban J connectivity index is 1.55. The lowest BCUT2D eigenvalue weighted by Gasteiger charge is -2.19. The van der Waals surface area contributed by atoms with Crippen molar-refractivity contribution >= 4 is 5.91 Å². The van der Waals surface area contributed by atoms with E-state index >= 15 is 0 Å². The van der Waals surface area contributed by atoms with Crippen LogP contribution in [0.2, 0.25) is 0 Å². The van der Waals surface area contributed by atoms with Crippen molar-refractivity contribution in [3.63, 3.8) is 0 Å². The van der Waals surface area contributed by atoms with E-state index in [0.717, 1.165) is 32.5 Å². The molecule has 0 atom stereocenters. The highest BCUT2D eigenvalue weighted by Crippen LogP contribution is 2.28. The first kappa shape index (κ1) is 15.5.